The predicted octanol–water partition coefficient (Wildman–Crippen LogP) is 3.75. The Kier molecular flexibility index (Phi) is 6.13. The minimum Gasteiger partial charge on any atom is -0.496 e. The van der Waals surface area contributed by atoms with E-state index < -0.39 is 11.8 Å². The number of benzene rings is 2. The maximum absolute atomic E-state index is 13.8. The lowest BCUT2D eigenvalue weighted by atomic mass is 10.0. The van der Waals surface area contributed by atoms with E-state index >= 15 is 0 Å². The van der Waals surface area contributed by atoms with Crippen LogP contribution in [-0.2, 0) is 14.3 Å². The van der Waals surface area contributed by atoms with Crippen molar-refractivity contribution >= 4 is 34.7 Å². The number of imide groups is 1. The number of para-hydroxylation sites is 1. The second-order valence-corrected chi connectivity index (χ2v) is 8.28. The van der Waals surface area contributed by atoms with Crippen LogP contribution < -0.4 is 14.4 Å². The first-order chi connectivity index (χ1) is 15.3. The highest BCUT2D eigenvalue weighted by Crippen LogP contribution is 2.42. The molecular weight excluding hydrogens is 432 g/mol. The van der Waals surface area contributed by atoms with Crippen molar-refractivity contribution in [2.75, 3.05) is 32.2 Å². The van der Waals surface area contributed by atoms with Crippen molar-refractivity contribution in [1.82, 2.24) is 4.90 Å². The van der Waals surface area contributed by atoms with Gasteiger partial charge in [0.25, 0.3) is 11.8 Å². The molecule has 0 saturated carbocycles. The Morgan fingerprint density at radius 3 is 2.25 bits per heavy atom. The van der Waals surface area contributed by atoms with Crippen LogP contribution in [0.5, 0.6) is 11.5 Å². The summed E-state index contributed by atoms with van der Waals surface area (Å²) < 4.78 is 16.8. The third-order valence-electron chi connectivity index (χ3n) is 5.55. The molecule has 1 saturated heterocycles. The second kappa shape index (κ2) is 8.84. The molecule has 0 N–H and O–H groups in total. The van der Waals surface area contributed by atoms with E-state index in [1.165, 1.54) is 14.2 Å². The van der Waals surface area contributed by atoms with Gasteiger partial charge in [0, 0.05) is 23.7 Å². The van der Waals surface area contributed by atoms with Crippen LogP contribution in [0.1, 0.15) is 19.4 Å². The molecule has 2 amide bonds. The van der Waals surface area contributed by atoms with Crippen LogP contribution in [0.15, 0.2) is 48.2 Å². The van der Waals surface area contributed by atoms with E-state index in [1.54, 1.807) is 30.3 Å². The van der Waals surface area contributed by atoms with Crippen molar-refractivity contribution in [1.29, 1.82) is 0 Å². The molecule has 0 aliphatic carbocycles. The highest BCUT2D eigenvalue weighted by Gasteiger charge is 2.45. The Morgan fingerprint density at radius 1 is 0.938 bits per heavy atom. The zero-order chi connectivity index (χ0) is 23.0. The maximum atomic E-state index is 13.8. The molecule has 2 atom stereocenters. The van der Waals surface area contributed by atoms with Crippen molar-refractivity contribution in [3.05, 3.63) is 58.7 Å². The van der Waals surface area contributed by atoms with Gasteiger partial charge in [-0.1, -0.05) is 29.8 Å². The van der Waals surface area contributed by atoms with Crippen molar-refractivity contribution in [3.8, 4) is 11.5 Å². The Balaban J connectivity index is 1.91. The number of amides is 2. The lowest BCUT2D eigenvalue weighted by molar-refractivity contribution is -0.121. The van der Waals surface area contributed by atoms with Crippen LogP contribution in [0.25, 0.3) is 5.57 Å². The largest absolute Gasteiger partial charge is 0.496 e. The summed E-state index contributed by atoms with van der Waals surface area (Å²) in [5.41, 5.74) is 1.46. The first-order valence-electron chi connectivity index (χ1n) is 10.4. The highest BCUT2D eigenvalue weighted by atomic mass is 35.5. The molecule has 168 valence electrons. The van der Waals surface area contributed by atoms with Gasteiger partial charge in [-0.15, -0.1) is 0 Å². The molecule has 32 heavy (non-hydrogen) atoms. The van der Waals surface area contributed by atoms with Gasteiger partial charge in [-0.05, 0) is 38.1 Å². The van der Waals surface area contributed by atoms with Crippen LogP contribution in [0.3, 0.4) is 0 Å². The number of carbonyl (C=O) groups is 2. The Bertz CT molecular complexity index is 1090. The molecule has 0 spiro atoms. The van der Waals surface area contributed by atoms with Crippen molar-refractivity contribution < 1.29 is 23.8 Å². The molecule has 2 aliphatic rings. The first kappa shape index (κ1) is 22.2. The van der Waals surface area contributed by atoms with E-state index in [1.807, 2.05) is 30.9 Å². The van der Waals surface area contributed by atoms with E-state index in [4.69, 9.17) is 25.8 Å². The predicted molar refractivity (Wildman–Crippen MR) is 122 cm³/mol. The summed E-state index contributed by atoms with van der Waals surface area (Å²) in [5.74, 6) is -0.00417. The first-order valence-corrected chi connectivity index (χ1v) is 10.7. The molecule has 2 aliphatic heterocycles. The zero-order valence-corrected chi connectivity index (χ0v) is 19.2. The third-order valence-corrected chi connectivity index (χ3v) is 5.79. The van der Waals surface area contributed by atoms with Gasteiger partial charge < -0.3 is 19.1 Å². The molecule has 0 bridgehead atoms. The van der Waals surface area contributed by atoms with Crippen LogP contribution in [0.4, 0.5) is 5.69 Å². The Morgan fingerprint density at radius 2 is 1.59 bits per heavy atom. The number of anilines is 1. The van der Waals surface area contributed by atoms with Crippen LogP contribution in [-0.4, -0.2) is 56.2 Å². The average Bonchev–Trinajstić information content (AvgIpc) is 3.02. The summed E-state index contributed by atoms with van der Waals surface area (Å²) in [5, 5.41) is 0.391. The molecule has 8 heteroatoms. The zero-order valence-electron chi connectivity index (χ0n) is 18.4. The number of morpholine rings is 1. The van der Waals surface area contributed by atoms with Gasteiger partial charge in [0.05, 0.1) is 37.7 Å². The fourth-order valence-electron chi connectivity index (χ4n) is 4.32. The van der Waals surface area contributed by atoms with Gasteiger partial charge in [-0.2, -0.15) is 0 Å². The summed E-state index contributed by atoms with van der Waals surface area (Å²) in [6, 6.07) is 12.0. The lowest BCUT2D eigenvalue weighted by Gasteiger charge is -2.37. The van der Waals surface area contributed by atoms with E-state index in [0.29, 0.717) is 46.6 Å². The molecule has 7 nitrogen and oxygen atoms in total. The van der Waals surface area contributed by atoms with Crippen LogP contribution in [0.2, 0.25) is 5.02 Å². The Labute approximate surface area is 192 Å². The molecule has 0 aromatic heterocycles. The summed E-state index contributed by atoms with van der Waals surface area (Å²) in [7, 11) is 3.02. The van der Waals surface area contributed by atoms with E-state index in [2.05, 4.69) is 0 Å². The SMILES string of the molecule is COc1ccccc1C1=C(N2CC(C)OC(C)C2)C(=O)N(c2cc(Cl)ccc2OC)C1=O. The third kappa shape index (κ3) is 3.82. The number of nitrogens with zero attached hydrogens (tertiary/aromatic N) is 2. The monoisotopic (exact) mass is 456 g/mol. The number of ether oxygens (including phenoxy) is 3. The van der Waals surface area contributed by atoms with Gasteiger partial charge in [-0.25, -0.2) is 4.90 Å². The maximum Gasteiger partial charge on any atom is 0.282 e. The smallest absolute Gasteiger partial charge is 0.282 e. The summed E-state index contributed by atoms with van der Waals surface area (Å²) in [4.78, 5) is 30.7. The van der Waals surface area contributed by atoms with Crippen molar-refractivity contribution in [2.45, 2.75) is 26.1 Å². The van der Waals surface area contributed by atoms with E-state index in [-0.39, 0.29) is 17.8 Å². The number of hydrogen-bond donors (Lipinski definition) is 0. The van der Waals surface area contributed by atoms with E-state index in [9.17, 15) is 9.59 Å². The van der Waals surface area contributed by atoms with Gasteiger partial charge in [0.2, 0.25) is 0 Å². The molecule has 2 heterocycles. The summed E-state index contributed by atoms with van der Waals surface area (Å²) >= 11 is 6.21. The molecule has 2 aromatic carbocycles. The molecule has 1 fully saturated rings. The number of hydrogen-bond acceptors (Lipinski definition) is 6. The van der Waals surface area contributed by atoms with Crippen LogP contribution >= 0.6 is 11.6 Å². The number of carbonyl (C=O) groups excluding carboxylic acids is 2. The Hall–Kier alpha value is -3.03. The second-order valence-electron chi connectivity index (χ2n) is 7.85. The van der Waals surface area contributed by atoms with Gasteiger partial charge in [-0.3, -0.25) is 9.59 Å². The molecule has 4 rings (SSSR count). The fourth-order valence-corrected chi connectivity index (χ4v) is 4.49. The number of rotatable bonds is 5. The molecular formula is C24H25ClN2O5. The van der Waals surface area contributed by atoms with E-state index in [0.717, 1.165) is 4.90 Å². The van der Waals surface area contributed by atoms with Crippen molar-refractivity contribution in [3.63, 3.8) is 0 Å². The fraction of sp³-hybridized carbons (Fsp3) is 0.333. The quantitative estimate of drug-likeness (QED) is 0.638. The van der Waals surface area contributed by atoms with Crippen molar-refractivity contribution in [2.24, 2.45) is 0 Å². The standard InChI is InChI=1S/C24H25ClN2O5/c1-14-12-26(13-15(2)32-14)22-21(17-7-5-6-8-19(17)30-3)23(28)27(24(22)29)18-11-16(25)9-10-20(18)31-4/h5-11,14-15H,12-13H2,1-4H3. The van der Waals surface area contributed by atoms with Gasteiger partial charge in [0.1, 0.15) is 17.2 Å². The minimum absolute atomic E-state index is 0.0946. The van der Waals surface area contributed by atoms with Crippen LogP contribution in [0, 0.1) is 0 Å². The summed E-state index contributed by atoms with van der Waals surface area (Å²) in [6.45, 7) is 4.87. The average molecular weight is 457 g/mol. The van der Waals surface area contributed by atoms with Gasteiger partial charge in [0.15, 0.2) is 0 Å². The minimum atomic E-state index is -0.457. The molecule has 2 unspecified atom stereocenters. The number of methoxy groups -OCH3 is 2. The summed E-state index contributed by atoms with van der Waals surface area (Å²) in [6.07, 6.45) is -0.189. The van der Waals surface area contributed by atoms with Gasteiger partial charge >= 0.3 is 0 Å². The lowest BCUT2D eigenvalue weighted by Crippen LogP contribution is -2.47. The topological polar surface area (TPSA) is 68.3 Å². The normalized spacial score (nSPS) is 21.4. The highest BCUT2D eigenvalue weighted by molar-refractivity contribution is 6.46. The number of halogens is 1. The molecule has 2 aromatic rings. The molecule has 0 radical (unpaired) electrons.